The monoisotopic (exact) mass is 693 g/mol. The van der Waals surface area contributed by atoms with Crippen molar-refractivity contribution in [3.63, 3.8) is 0 Å². The maximum atomic E-state index is 2.46. The zero-order valence-electron chi connectivity index (χ0n) is 30.9. The zero-order chi connectivity index (χ0) is 36.5. The Morgan fingerprint density at radius 1 is 0.426 bits per heavy atom. The molecule has 0 saturated heterocycles. The molecule has 54 heavy (non-hydrogen) atoms. The van der Waals surface area contributed by atoms with Gasteiger partial charge < -0.3 is 4.90 Å². The molecule has 0 saturated carbocycles. The van der Waals surface area contributed by atoms with E-state index in [9.17, 15) is 0 Å². The van der Waals surface area contributed by atoms with E-state index in [1.54, 1.807) is 0 Å². The van der Waals surface area contributed by atoms with Crippen molar-refractivity contribution in [2.45, 2.75) is 32.1 Å². The lowest BCUT2D eigenvalue weighted by Gasteiger charge is -2.32. The van der Waals surface area contributed by atoms with Gasteiger partial charge in [-0.2, -0.15) is 0 Å². The maximum absolute atomic E-state index is 2.46. The van der Waals surface area contributed by atoms with E-state index in [0.29, 0.717) is 0 Å². The molecule has 0 bridgehead atoms. The van der Waals surface area contributed by atoms with Crippen LogP contribution in [0.5, 0.6) is 0 Å². The summed E-state index contributed by atoms with van der Waals surface area (Å²) in [5.41, 5.74) is 16.4. The van der Waals surface area contributed by atoms with Crippen molar-refractivity contribution in [3.05, 3.63) is 210 Å². The normalized spacial score (nSPS) is 12.9. The van der Waals surface area contributed by atoms with E-state index in [1.807, 2.05) is 0 Å². The van der Waals surface area contributed by atoms with Crippen LogP contribution < -0.4 is 4.90 Å². The van der Waals surface area contributed by atoms with Gasteiger partial charge in [0.05, 0.1) is 0 Å². The van der Waals surface area contributed by atoms with Gasteiger partial charge >= 0.3 is 0 Å². The number of anilines is 3. The molecule has 1 nitrogen and oxygen atoms in total. The highest BCUT2D eigenvalue weighted by atomic mass is 15.1. The number of fused-ring (bicyclic) bond motifs is 4. The molecular formula is C53H43N. The Hall–Kier alpha value is -6.44. The summed E-state index contributed by atoms with van der Waals surface area (Å²) in [4.78, 5) is 2.38. The Bertz CT molecular complexity index is 2560. The van der Waals surface area contributed by atoms with Gasteiger partial charge in [0.25, 0.3) is 0 Å². The SMILES string of the molecule is CCC1(CC)c2cc(C=Cc3cc(-c4ccccc4)c4ccccc4c3-c3ccccc3)ccc2-c2ccc(N(c3ccccc3)c3ccccc3)cc21. The smallest absolute Gasteiger partial charge is 0.0465 e. The highest BCUT2D eigenvalue weighted by Crippen LogP contribution is 2.54. The van der Waals surface area contributed by atoms with Crippen molar-refractivity contribution in [1.82, 2.24) is 0 Å². The molecule has 0 fully saturated rings. The fraction of sp³-hybridized carbons (Fsp3) is 0.0943. The average Bonchev–Trinajstić information content (AvgIpc) is 3.52. The highest BCUT2D eigenvalue weighted by molar-refractivity contribution is 6.08. The molecule has 0 spiro atoms. The minimum absolute atomic E-state index is 0.0812. The van der Waals surface area contributed by atoms with E-state index in [4.69, 9.17) is 0 Å². The first kappa shape index (κ1) is 33.4. The first-order valence-electron chi connectivity index (χ1n) is 19.2. The van der Waals surface area contributed by atoms with Crippen molar-refractivity contribution < 1.29 is 0 Å². The van der Waals surface area contributed by atoms with Gasteiger partial charge in [0, 0.05) is 22.5 Å². The van der Waals surface area contributed by atoms with Gasteiger partial charge in [-0.1, -0.05) is 172 Å². The molecule has 0 aromatic heterocycles. The Morgan fingerprint density at radius 3 is 1.56 bits per heavy atom. The third-order valence-corrected chi connectivity index (χ3v) is 11.5. The van der Waals surface area contributed by atoms with Gasteiger partial charge in [0.15, 0.2) is 0 Å². The summed E-state index contributed by atoms with van der Waals surface area (Å²) in [5.74, 6) is 0. The fourth-order valence-electron chi connectivity index (χ4n) is 8.85. The number of para-hydroxylation sites is 2. The molecule has 0 atom stereocenters. The van der Waals surface area contributed by atoms with Crippen LogP contribution in [-0.2, 0) is 5.41 Å². The van der Waals surface area contributed by atoms with Crippen LogP contribution in [0, 0.1) is 0 Å². The van der Waals surface area contributed by atoms with E-state index in [0.717, 1.165) is 24.2 Å². The summed E-state index contributed by atoms with van der Waals surface area (Å²) < 4.78 is 0. The predicted molar refractivity (Wildman–Crippen MR) is 232 cm³/mol. The lowest BCUT2D eigenvalue weighted by molar-refractivity contribution is 0.490. The summed E-state index contributed by atoms with van der Waals surface area (Å²) in [5, 5.41) is 2.53. The largest absolute Gasteiger partial charge is 0.310 e. The molecule has 9 rings (SSSR count). The third-order valence-electron chi connectivity index (χ3n) is 11.5. The first-order valence-corrected chi connectivity index (χ1v) is 19.2. The molecule has 1 aliphatic rings. The molecule has 260 valence electrons. The Labute approximate surface area is 319 Å². The van der Waals surface area contributed by atoms with Gasteiger partial charge in [-0.25, -0.2) is 0 Å². The lowest BCUT2D eigenvalue weighted by Crippen LogP contribution is -2.23. The molecule has 0 unspecified atom stereocenters. The van der Waals surface area contributed by atoms with Crippen LogP contribution in [0.15, 0.2) is 188 Å². The molecule has 1 heteroatoms. The van der Waals surface area contributed by atoms with Gasteiger partial charge in [-0.05, 0) is 122 Å². The zero-order valence-corrected chi connectivity index (χ0v) is 30.9. The summed E-state index contributed by atoms with van der Waals surface area (Å²) in [7, 11) is 0. The number of hydrogen-bond donors (Lipinski definition) is 0. The van der Waals surface area contributed by atoms with Gasteiger partial charge in [0.2, 0.25) is 0 Å². The second-order valence-electron chi connectivity index (χ2n) is 14.3. The van der Waals surface area contributed by atoms with Crippen LogP contribution in [0.1, 0.15) is 48.9 Å². The maximum Gasteiger partial charge on any atom is 0.0465 e. The molecule has 8 aromatic carbocycles. The second kappa shape index (κ2) is 14.2. The molecule has 0 aliphatic heterocycles. The molecular weight excluding hydrogens is 651 g/mol. The van der Waals surface area contributed by atoms with Crippen LogP contribution in [-0.4, -0.2) is 0 Å². The van der Waals surface area contributed by atoms with Gasteiger partial charge in [-0.15, -0.1) is 0 Å². The Kier molecular flexibility index (Phi) is 8.77. The number of rotatable bonds is 9. The van der Waals surface area contributed by atoms with E-state index >= 15 is 0 Å². The van der Waals surface area contributed by atoms with Crippen LogP contribution in [0.2, 0.25) is 0 Å². The second-order valence-corrected chi connectivity index (χ2v) is 14.3. The van der Waals surface area contributed by atoms with E-state index in [1.165, 1.54) is 72.1 Å². The summed E-state index contributed by atoms with van der Waals surface area (Å²) in [6, 6.07) is 68.5. The molecule has 0 heterocycles. The third kappa shape index (κ3) is 5.74. The van der Waals surface area contributed by atoms with Gasteiger partial charge in [-0.3, -0.25) is 0 Å². The molecule has 0 amide bonds. The van der Waals surface area contributed by atoms with Crippen LogP contribution >= 0.6 is 0 Å². The minimum Gasteiger partial charge on any atom is -0.310 e. The van der Waals surface area contributed by atoms with Crippen molar-refractivity contribution in [2.24, 2.45) is 0 Å². The Morgan fingerprint density at radius 2 is 0.944 bits per heavy atom. The number of benzene rings is 8. The van der Waals surface area contributed by atoms with Crippen molar-refractivity contribution in [3.8, 4) is 33.4 Å². The lowest BCUT2D eigenvalue weighted by atomic mass is 9.73. The summed E-state index contributed by atoms with van der Waals surface area (Å²) in [6.07, 6.45) is 6.71. The van der Waals surface area contributed by atoms with Crippen molar-refractivity contribution in [1.29, 1.82) is 0 Å². The summed E-state index contributed by atoms with van der Waals surface area (Å²) >= 11 is 0. The molecule has 1 aliphatic carbocycles. The Balaban J connectivity index is 1.16. The van der Waals surface area contributed by atoms with Crippen LogP contribution in [0.25, 0.3) is 56.3 Å². The topological polar surface area (TPSA) is 3.24 Å². The average molecular weight is 694 g/mol. The molecule has 0 N–H and O–H groups in total. The van der Waals surface area contributed by atoms with E-state index in [2.05, 4.69) is 219 Å². The standard InChI is InChI=1S/C53H43N/c1-3-53(4-2)50-35-38(30-33-46(50)47-34-32-44(37-51(47)53)54(42-23-13-7-14-24-42)43-25-15-8-16-26-43)29-31-41-36-49(39-19-9-5-10-20-39)45-27-17-18-28-48(45)52(41)40-21-11-6-12-22-40/h5-37H,3-4H2,1-2H3. The predicted octanol–water partition coefficient (Wildman–Crippen LogP) is 14.9. The molecule has 0 radical (unpaired) electrons. The number of nitrogens with zero attached hydrogens (tertiary/aromatic N) is 1. The van der Waals surface area contributed by atoms with Gasteiger partial charge in [0.1, 0.15) is 0 Å². The summed E-state index contributed by atoms with van der Waals surface area (Å²) in [6.45, 7) is 4.71. The fourth-order valence-corrected chi connectivity index (χ4v) is 8.85. The minimum atomic E-state index is -0.0812. The highest BCUT2D eigenvalue weighted by Gasteiger charge is 2.41. The molecule has 8 aromatic rings. The number of hydrogen-bond acceptors (Lipinski definition) is 1. The van der Waals surface area contributed by atoms with Crippen molar-refractivity contribution >= 4 is 40.0 Å². The quantitative estimate of drug-likeness (QED) is 0.136. The van der Waals surface area contributed by atoms with Crippen LogP contribution in [0.4, 0.5) is 17.1 Å². The van der Waals surface area contributed by atoms with Crippen molar-refractivity contribution in [2.75, 3.05) is 4.90 Å². The van der Waals surface area contributed by atoms with E-state index < -0.39 is 0 Å². The first-order chi connectivity index (χ1) is 26.7. The van der Waals surface area contributed by atoms with E-state index in [-0.39, 0.29) is 5.41 Å². The van der Waals surface area contributed by atoms with Crippen LogP contribution in [0.3, 0.4) is 0 Å².